The van der Waals surface area contributed by atoms with Gasteiger partial charge in [0.15, 0.2) is 0 Å². The Hall–Kier alpha value is -0.0400. The molecular formula is C12H23O. The summed E-state index contributed by atoms with van der Waals surface area (Å²) in [6.45, 7) is 5.60. The Morgan fingerprint density at radius 1 is 1.46 bits per heavy atom. The van der Waals surface area contributed by atoms with E-state index in [9.17, 15) is 0 Å². The van der Waals surface area contributed by atoms with Crippen molar-refractivity contribution >= 4 is 0 Å². The van der Waals surface area contributed by atoms with E-state index >= 15 is 0 Å². The third kappa shape index (κ3) is 6.09. The van der Waals surface area contributed by atoms with E-state index < -0.39 is 0 Å². The molecule has 0 saturated carbocycles. The van der Waals surface area contributed by atoms with E-state index in [1.165, 1.54) is 38.5 Å². The van der Waals surface area contributed by atoms with Gasteiger partial charge < -0.3 is 4.74 Å². The van der Waals surface area contributed by atoms with Crippen molar-refractivity contribution in [1.82, 2.24) is 0 Å². The molecule has 1 heteroatoms. The first-order chi connectivity index (χ1) is 6.33. The molecule has 1 aliphatic heterocycles. The van der Waals surface area contributed by atoms with Gasteiger partial charge in [0.25, 0.3) is 0 Å². The van der Waals surface area contributed by atoms with Crippen molar-refractivity contribution in [2.45, 2.75) is 58.5 Å². The number of rotatable bonds is 8. The van der Waals surface area contributed by atoms with E-state index in [0.29, 0.717) is 6.10 Å². The molecule has 0 N–H and O–H groups in total. The second-order valence-corrected chi connectivity index (χ2v) is 4.32. The van der Waals surface area contributed by atoms with Gasteiger partial charge in [-0.3, -0.25) is 0 Å². The molecule has 1 aliphatic rings. The van der Waals surface area contributed by atoms with Crippen molar-refractivity contribution in [1.29, 1.82) is 0 Å². The molecule has 1 nitrogen and oxygen atoms in total. The molecular weight excluding hydrogens is 160 g/mol. The van der Waals surface area contributed by atoms with Gasteiger partial charge in [0.1, 0.15) is 0 Å². The van der Waals surface area contributed by atoms with Crippen molar-refractivity contribution in [3.8, 4) is 0 Å². The Kier molecular flexibility index (Phi) is 5.45. The fourth-order valence-electron chi connectivity index (χ4n) is 1.69. The number of unbranched alkanes of at least 4 members (excludes halogenated alkanes) is 4. The molecule has 1 fully saturated rings. The van der Waals surface area contributed by atoms with Crippen LogP contribution in [0.15, 0.2) is 0 Å². The topological polar surface area (TPSA) is 12.5 Å². The van der Waals surface area contributed by atoms with E-state index in [1.807, 2.05) is 0 Å². The molecule has 0 aromatic heterocycles. The highest BCUT2D eigenvalue weighted by Gasteiger charge is 2.24. The van der Waals surface area contributed by atoms with Crippen LogP contribution in [0, 0.1) is 12.3 Å². The normalized spacial score (nSPS) is 23.1. The third-order valence-electron chi connectivity index (χ3n) is 2.65. The largest absolute Gasteiger partial charge is 0.373 e. The zero-order valence-electron chi connectivity index (χ0n) is 9.09. The minimum absolute atomic E-state index is 0.610. The lowest BCUT2D eigenvalue weighted by Crippen LogP contribution is -1.99. The molecule has 1 saturated heterocycles. The first-order valence-electron chi connectivity index (χ1n) is 5.76. The maximum atomic E-state index is 5.21. The molecule has 0 spiro atoms. The van der Waals surface area contributed by atoms with Crippen LogP contribution in [0.4, 0.5) is 0 Å². The molecule has 0 aliphatic carbocycles. The third-order valence-corrected chi connectivity index (χ3v) is 2.65. The van der Waals surface area contributed by atoms with Crippen molar-refractivity contribution in [3.63, 3.8) is 0 Å². The molecule has 13 heavy (non-hydrogen) atoms. The molecule has 0 bridgehead atoms. The summed E-state index contributed by atoms with van der Waals surface area (Å²) >= 11 is 0. The Balaban J connectivity index is 1.80. The Morgan fingerprint density at radius 2 is 2.23 bits per heavy atom. The smallest absolute Gasteiger partial charge is 0.0812 e. The van der Waals surface area contributed by atoms with Gasteiger partial charge in [0.2, 0.25) is 0 Å². The zero-order valence-corrected chi connectivity index (χ0v) is 9.09. The van der Waals surface area contributed by atoms with E-state index in [0.717, 1.165) is 12.5 Å². The monoisotopic (exact) mass is 183 g/mol. The predicted octanol–water partition coefficient (Wildman–Crippen LogP) is 3.59. The summed E-state index contributed by atoms with van der Waals surface area (Å²) in [7, 11) is 0. The molecule has 1 heterocycles. The van der Waals surface area contributed by atoms with E-state index in [2.05, 4.69) is 20.3 Å². The highest BCUT2D eigenvalue weighted by molar-refractivity contribution is 4.76. The van der Waals surface area contributed by atoms with Crippen LogP contribution in [-0.2, 0) is 4.74 Å². The van der Waals surface area contributed by atoms with Crippen LogP contribution < -0.4 is 0 Å². The van der Waals surface area contributed by atoms with Crippen molar-refractivity contribution in [3.05, 3.63) is 6.42 Å². The minimum atomic E-state index is 0.610. The van der Waals surface area contributed by atoms with Crippen molar-refractivity contribution in [2.24, 2.45) is 5.92 Å². The van der Waals surface area contributed by atoms with E-state index in [-0.39, 0.29) is 0 Å². The standard InChI is InChI=1S/C12H23O/c1-3-4-5-6-7-8-11(2)9-12-10-13-12/h7,11-12H,3-6,8-10H2,1-2H3. The molecule has 0 aromatic carbocycles. The molecule has 0 aromatic rings. The first kappa shape index (κ1) is 11.0. The summed E-state index contributed by atoms with van der Waals surface area (Å²) in [5.74, 6) is 0.828. The highest BCUT2D eigenvalue weighted by Crippen LogP contribution is 2.22. The van der Waals surface area contributed by atoms with Gasteiger partial charge in [-0.1, -0.05) is 39.5 Å². The molecule has 2 atom stereocenters. The molecule has 1 rings (SSSR count). The van der Waals surface area contributed by atoms with Crippen LogP contribution >= 0.6 is 0 Å². The summed E-state index contributed by atoms with van der Waals surface area (Å²) in [6, 6.07) is 0. The quantitative estimate of drug-likeness (QED) is 0.414. The van der Waals surface area contributed by atoms with Crippen LogP contribution in [-0.4, -0.2) is 12.7 Å². The van der Waals surface area contributed by atoms with Gasteiger partial charge in [0.05, 0.1) is 12.7 Å². The summed E-state index contributed by atoms with van der Waals surface area (Å²) in [4.78, 5) is 0. The summed E-state index contributed by atoms with van der Waals surface area (Å²) < 4.78 is 5.21. The van der Waals surface area contributed by atoms with Gasteiger partial charge >= 0.3 is 0 Å². The van der Waals surface area contributed by atoms with Crippen LogP contribution in [0.2, 0.25) is 0 Å². The average Bonchev–Trinajstić information content (AvgIpc) is 2.88. The molecule has 77 valence electrons. The lowest BCUT2D eigenvalue weighted by molar-refractivity contribution is 0.359. The fraction of sp³-hybridized carbons (Fsp3) is 0.917. The lowest BCUT2D eigenvalue weighted by atomic mass is 9.98. The van der Waals surface area contributed by atoms with Crippen molar-refractivity contribution < 1.29 is 4.74 Å². The SMILES string of the molecule is CCCCC[CH]CC(C)CC1CO1. The summed E-state index contributed by atoms with van der Waals surface area (Å²) in [5.41, 5.74) is 0. The van der Waals surface area contributed by atoms with Crippen LogP contribution in [0.3, 0.4) is 0 Å². The Morgan fingerprint density at radius 3 is 2.85 bits per heavy atom. The summed E-state index contributed by atoms with van der Waals surface area (Å²) in [6.07, 6.45) is 11.0. The zero-order chi connectivity index (χ0) is 9.52. The van der Waals surface area contributed by atoms with Gasteiger partial charge in [-0.2, -0.15) is 0 Å². The average molecular weight is 183 g/mol. The Bertz CT molecular complexity index is 118. The Labute approximate surface area is 82.9 Å². The molecule has 2 unspecified atom stereocenters. The molecule has 0 amide bonds. The summed E-state index contributed by atoms with van der Waals surface area (Å²) in [5, 5.41) is 0. The van der Waals surface area contributed by atoms with Gasteiger partial charge in [-0.05, 0) is 25.2 Å². The maximum Gasteiger partial charge on any atom is 0.0812 e. The highest BCUT2D eigenvalue weighted by atomic mass is 16.6. The van der Waals surface area contributed by atoms with E-state index in [4.69, 9.17) is 4.74 Å². The second-order valence-electron chi connectivity index (χ2n) is 4.32. The van der Waals surface area contributed by atoms with Crippen LogP contribution in [0.5, 0.6) is 0 Å². The van der Waals surface area contributed by atoms with Gasteiger partial charge in [-0.15, -0.1) is 0 Å². The number of ether oxygens (including phenoxy) is 1. The lowest BCUT2D eigenvalue weighted by Gasteiger charge is -2.08. The van der Waals surface area contributed by atoms with Gasteiger partial charge in [-0.25, -0.2) is 0 Å². The minimum Gasteiger partial charge on any atom is -0.373 e. The van der Waals surface area contributed by atoms with E-state index in [1.54, 1.807) is 0 Å². The number of hydrogen-bond acceptors (Lipinski definition) is 1. The molecule has 1 radical (unpaired) electrons. The first-order valence-corrected chi connectivity index (χ1v) is 5.76. The maximum absolute atomic E-state index is 5.21. The second kappa shape index (κ2) is 6.42. The number of epoxide rings is 1. The fourth-order valence-corrected chi connectivity index (χ4v) is 1.69. The van der Waals surface area contributed by atoms with Gasteiger partial charge in [0, 0.05) is 0 Å². The van der Waals surface area contributed by atoms with Crippen LogP contribution in [0.1, 0.15) is 52.4 Å². The predicted molar refractivity (Wildman–Crippen MR) is 56.6 cm³/mol. The van der Waals surface area contributed by atoms with Crippen LogP contribution in [0.25, 0.3) is 0 Å². The number of hydrogen-bond donors (Lipinski definition) is 0. The van der Waals surface area contributed by atoms with Crippen molar-refractivity contribution in [2.75, 3.05) is 6.61 Å².